The molecule has 0 unspecified atom stereocenters. The van der Waals surface area contributed by atoms with Crippen molar-refractivity contribution in [3.05, 3.63) is 108 Å². The van der Waals surface area contributed by atoms with Gasteiger partial charge in [-0.2, -0.15) is 18.3 Å². The average Bonchev–Trinajstić information content (AvgIpc) is 3.41. The molecule has 0 bridgehead atoms. The number of hydrogen-bond acceptors (Lipinski definition) is 6. The molecule has 3 heterocycles. The van der Waals surface area contributed by atoms with Gasteiger partial charge in [0, 0.05) is 34.7 Å². The zero-order valence-corrected chi connectivity index (χ0v) is 22.5. The summed E-state index contributed by atoms with van der Waals surface area (Å²) < 4.78 is 46.8. The Balaban J connectivity index is 1.40. The van der Waals surface area contributed by atoms with E-state index in [1.165, 1.54) is 28.8 Å². The summed E-state index contributed by atoms with van der Waals surface area (Å²) in [5, 5.41) is 7.26. The fourth-order valence-electron chi connectivity index (χ4n) is 4.25. The number of benzene rings is 2. The van der Waals surface area contributed by atoms with Gasteiger partial charge in [0.15, 0.2) is 11.3 Å². The molecule has 212 valence electrons. The first-order valence-corrected chi connectivity index (χ1v) is 12.9. The normalized spacial score (nSPS) is 11.6. The van der Waals surface area contributed by atoms with E-state index in [1.807, 2.05) is 19.1 Å². The van der Waals surface area contributed by atoms with Gasteiger partial charge in [-0.3, -0.25) is 9.78 Å². The van der Waals surface area contributed by atoms with Gasteiger partial charge in [0.25, 0.3) is 5.91 Å². The molecule has 11 heteroatoms. The quantitative estimate of drug-likeness (QED) is 0.174. The van der Waals surface area contributed by atoms with E-state index < -0.39 is 17.8 Å². The lowest BCUT2D eigenvalue weighted by Gasteiger charge is -2.10. The van der Waals surface area contributed by atoms with Gasteiger partial charge in [-0.15, -0.1) is 0 Å². The summed E-state index contributed by atoms with van der Waals surface area (Å²) in [5.41, 5.74) is 2.99. The molecule has 0 saturated heterocycles. The fraction of sp³-hybridized carbons (Fsp3) is 0.129. The van der Waals surface area contributed by atoms with Crippen LogP contribution < -0.4 is 5.32 Å². The number of rotatable bonds is 7. The number of aromatic nitrogens is 4. The maximum absolute atomic E-state index is 13.5. The van der Waals surface area contributed by atoms with Crippen molar-refractivity contribution in [1.29, 1.82) is 0 Å². The number of ether oxygens (including phenoxy) is 1. The highest BCUT2D eigenvalue weighted by Gasteiger charge is 2.35. The van der Waals surface area contributed by atoms with Crippen LogP contribution in [-0.4, -0.2) is 38.1 Å². The molecule has 8 nitrogen and oxygen atoms in total. The molecule has 3 aromatic heterocycles. The smallest absolute Gasteiger partial charge is 0.434 e. The van der Waals surface area contributed by atoms with E-state index in [4.69, 9.17) is 4.74 Å². The first kappa shape index (κ1) is 28.2. The van der Waals surface area contributed by atoms with E-state index in [-0.39, 0.29) is 23.8 Å². The monoisotopic (exact) mass is 571 g/mol. The molecule has 0 aliphatic carbocycles. The number of aryl methyl sites for hydroxylation is 1. The highest BCUT2D eigenvalue weighted by Crippen LogP contribution is 2.35. The Morgan fingerprint density at radius 3 is 2.64 bits per heavy atom. The van der Waals surface area contributed by atoms with Crippen LogP contribution in [0, 0.1) is 6.92 Å². The molecule has 5 rings (SSSR count). The van der Waals surface area contributed by atoms with Crippen molar-refractivity contribution in [3.63, 3.8) is 0 Å². The minimum absolute atomic E-state index is 0.100. The summed E-state index contributed by atoms with van der Waals surface area (Å²) in [6.07, 6.45) is 0.942. The summed E-state index contributed by atoms with van der Waals surface area (Å²) in [6, 6.07) is 18.0. The molecular formula is C31H24F3N5O3. The molecule has 42 heavy (non-hydrogen) atoms. The van der Waals surface area contributed by atoms with Gasteiger partial charge in [-0.05, 0) is 73.5 Å². The van der Waals surface area contributed by atoms with Crippen molar-refractivity contribution >= 4 is 29.3 Å². The fourth-order valence-corrected chi connectivity index (χ4v) is 4.25. The number of nitrogens with one attached hydrogen (secondary N) is 1. The number of fused-ring (bicyclic) bond motifs is 1. The lowest BCUT2D eigenvalue weighted by Crippen LogP contribution is -2.13. The average molecular weight is 572 g/mol. The Bertz CT molecular complexity index is 1830. The number of esters is 1. The van der Waals surface area contributed by atoms with Crippen LogP contribution >= 0.6 is 0 Å². The standard InChI is InChI=1S/C31H24F3N5O3/c1-3-42-28(40)14-10-20-6-4-7-22(16-20)30(41)37-25-17-21(11-9-19(25)2)26-18-39-27(36-26)13-12-24(38-39)23-8-5-15-35-29(23)31(32,33)34/h4-18H,3H2,1-2H3,(H,37,41). The molecule has 1 amide bonds. The number of alkyl halides is 3. The van der Waals surface area contributed by atoms with Crippen LogP contribution in [0.4, 0.5) is 18.9 Å². The van der Waals surface area contributed by atoms with Gasteiger partial charge in [0.2, 0.25) is 0 Å². The third-order valence-electron chi connectivity index (χ3n) is 6.30. The van der Waals surface area contributed by atoms with Gasteiger partial charge in [-0.1, -0.05) is 24.3 Å². The minimum atomic E-state index is -4.63. The van der Waals surface area contributed by atoms with Gasteiger partial charge in [-0.25, -0.2) is 14.3 Å². The molecule has 2 aromatic carbocycles. The lowest BCUT2D eigenvalue weighted by molar-refractivity contribution is -0.140. The molecule has 0 radical (unpaired) electrons. The van der Waals surface area contributed by atoms with Crippen molar-refractivity contribution in [1.82, 2.24) is 19.6 Å². The van der Waals surface area contributed by atoms with Crippen molar-refractivity contribution in [3.8, 4) is 22.5 Å². The Labute approximate surface area is 238 Å². The van der Waals surface area contributed by atoms with Crippen molar-refractivity contribution < 1.29 is 27.5 Å². The third-order valence-corrected chi connectivity index (χ3v) is 6.30. The molecule has 0 aliphatic heterocycles. The molecule has 0 aliphatic rings. The Hall–Kier alpha value is -5.32. The lowest BCUT2D eigenvalue weighted by atomic mass is 10.1. The van der Waals surface area contributed by atoms with Crippen molar-refractivity contribution in [2.75, 3.05) is 11.9 Å². The van der Waals surface area contributed by atoms with Crippen LogP contribution in [0.25, 0.3) is 34.2 Å². The second kappa shape index (κ2) is 11.7. The minimum Gasteiger partial charge on any atom is -0.463 e. The van der Waals surface area contributed by atoms with Gasteiger partial charge >= 0.3 is 12.1 Å². The van der Waals surface area contributed by atoms with E-state index in [9.17, 15) is 22.8 Å². The number of halogens is 3. The number of carbonyl (C=O) groups excluding carboxylic acids is 2. The topological polar surface area (TPSA) is 98.5 Å². The number of amides is 1. The molecule has 0 saturated carbocycles. The molecule has 5 aromatic rings. The van der Waals surface area contributed by atoms with Crippen LogP contribution in [0.2, 0.25) is 0 Å². The van der Waals surface area contributed by atoms with Crippen LogP contribution in [0.3, 0.4) is 0 Å². The van der Waals surface area contributed by atoms with E-state index in [0.717, 1.165) is 11.8 Å². The SMILES string of the molecule is CCOC(=O)C=Cc1cccc(C(=O)Nc2cc(-c3cn4nc(-c5cccnc5C(F)(F)F)ccc4n3)ccc2C)c1. The highest BCUT2D eigenvalue weighted by molar-refractivity contribution is 6.05. The molecule has 0 spiro atoms. The Morgan fingerprint density at radius 1 is 1.02 bits per heavy atom. The predicted molar refractivity (Wildman–Crippen MR) is 151 cm³/mol. The molecule has 0 fully saturated rings. The second-order valence-corrected chi connectivity index (χ2v) is 9.24. The van der Waals surface area contributed by atoms with Crippen LogP contribution in [0.15, 0.2) is 85.2 Å². The maximum atomic E-state index is 13.5. The van der Waals surface area contributed by atoms with E-state index in [1.54, 1.807) is 55.6 Å². The van der Waals surface area contributed by atoms with Gasteiger partial charge < -0.3 is 10.1 Å². The number of anilines is 1. The number of imidazole rings is 1. The molecular weight excluding hydrogens is 547 g/mol. The first-order chi connectivity index (χ1) is 20.1. The zero-order chi connectivity index (χ0) is 29.9. The number of pyridine rings is 1. The summed E-state index contributed by atoms with van der Waals surface area (Å²) in [5.74, 6) is -0.818. The molecule has 0 atom stereocenters. The van der Waals surface area contributed by atoms with E-state index >= 15 is 0 Å². The Morgan fingerprint density at radius 2 is 1.86 bits per heavy atom. The van der Waals surface area contributed by atoms with Gasteiger partial charge in [0.1, 0.15) is 0 Å². The second-order valence-electron chi connectivity index (χ2n) is 9.24. The highest BCUT2D eigenvalue weighted by atomic mass is 19.4. The number of hydrogen-bond donors (Lipinski definition) is 1. The summed E-state index contributed by atoms with van der Waals surface area (Å²) >= 11 is 0. The predicted octanol–water partition coefficient (Wildman–Crippen LogP) is 6.61. The van der Waals surface area contributed by atoms with Crippen LogP contribution in [0.5, 0.6) is 0 Å². The van der Waals surface area contributed by atoms with E-state index in [0.29, 0.717) is 33.7 Å². The zero-order valence-electron chi connectivity index (χ0n) is 22.5. The number of nitrogens with zero attached hydrogens (tertiary/aromatic N) is 4. The summed E-state index contributed by atoms with van der Waals surface area (Å²) in [7, 11) is 0. The maximum Gasteiger partial charge on any atom is 0.434 e. The van der Waals surface area contributed by atoms with Crippen LogP contribution in [0.1, 0.15) is 34.1 Å². The Kier molecular flexibility index (Phi) is 7.83. The van der Waals surface area contributed by atoms with Gasteiger partial charge in [0.05, 0.1) is 24.2 Å². The summed E-state index contributed by atoms with van der Waals surface area (Å²) in [4.78, 5) is 32.7. The van der Waals surface area contributed by atoms with Crippen LogP contribution in [-0.2, 0) is 15.7 Å². The third kappa shape index (κ3) is 6.20. The largest absolute Gasteiger partial charge is 0.463 e. The molecule has 1 N–H and O–H groups in total. The van der Waals surface area contributed by atoms with Crippen molar-refractivity contribution in [2.45, 2.75) is 20.0 Å². The number of carbonyl (C=O) groups is 2. The van der Waals surface area contributed by atoms with Crippen molar-refractivity contribution in [2.24, 2.45) is 0 Å². The summed E-state index contributed by atoms with van der Waals surface area (Å²) in [6.45, 7) is 3.83. The first-order valence-electron chi connectivity index (χ1n) is 12.9. The van der Waals surface area contributed by atoms with E-state index in [2.05, 4.69) is 20.4 Å².